The van der Waals surface area contributed by atoms with Crippen molar-refractivity contribution < 1.29 is 22.8 Å². The van der Waals surface area contributed by atoms with Gasteiger partial charge in [-0.15, -0.1) is 0 Å². The Bertz CT molecular complexity index is 880. The Balaban J connectivity index is 2.46. The maximum Gasteiger partial charge on any atom is 0.274 e. The van der Waals surface area contributed by atoms with E-state index in [1.165, 1.54) is 44.6 Å². The van der Waals surface area contributed by atoms with Crippen molar-refractivity contribution in [1.29, 1.82) is 0 Å². The molecule has 0 aliphatic heterocycles. The summed E-state index contributed by atoms with van der Waals surface area (Å²) in [5.41, 5.74) is 0.340. The summed E-state index contributed by atoms with van der Waals surface area (Å²) in [7, 11) is -1.27. The van der Waals surface area contributed by atoms with Crippen LogP contribution in [0, 0.1) is 17.0 Å². The monoisotopic (exact) mass is 352 g/mol. The molecular weight excluding hydrogens is 336 g/mol. The van der Waals surface area contributed by atoms with Gasteiger partial charge in [0, 0.05) is 17.7 Å². The van der Waals surface area contributed by atoms with Gasteiger partial charge in [-0.1, -0.05) is 6.07 Å². The number of benzene rings is 2. The lowest BCUT2D eigenvalue weighted by Gasteiger charge is -2.13. The third kappa shape index (κ3) is 3.57. The van der Waals surface area contributed by atoms with E-state index in [9.17, 15) is 18.5 Å². The molecule has 9 heteroatoms. The number of aryl methyl sites for hydroxylation is 1. The van der Waals surface area contributed by atoms with Crippen LogP contribution >= 0.6 is 0 Å². The molecule has 0 saturated heterocycles. The number of anilines is 1. The number of sulfonamides is 1. The maximum absolute atomic E-state index is 12.6. The Hall–Kier alpha value is -2.81. The van der Waals surface area contributed by atoms with Gasteiger partial charge in [0.05, 0.1) is 24.8 Å². The third-order valence-electron chi connectivity index (χ3n) is 3.32. The number of hydrogen-bond donors (Lipinski definition) is 1. The van der Waals surface area contributed by atoms with Crippen molar-refractivity contribution in [3.8, 4) is 11.5 Å². The smallest absolute Gasteiger partial charge is 0.274 e. The highest BCUT2D eigenvalue weighted by atomic mass is 32.2. The zero-order valence-electron chi connectivity index (χ0n) is 13.3. The predicted molar refractivity (Wildman–Crippen MR) is 88.2 cm³/mol. The fraction of sp³-hybridized carbons (Fsp3) is 0.200. The minimum absolute atomic E-state index is 0.0807. The second-order valence-corrected chi connectivity index (χ2v) is 6.53. The van der Waals surface area contributed by atoms with E-state index in [1.807, 2.05) is 0 Å². The molecule has 0 unspecified atom stereocenters. The summed E-state index contributed by atoms with van der Waals surface area (Å²) in [6.07, 6.45) is 0. The maximum atomic E-state index is 12.6. The minimum Gasteiger partial charge on any atom is -0.497 e. The van der Waals surface area contributed by atoms with Crippen LogP contribution in [0.3, 0.4) is 0 Å². The van der Waals surface area contributed by atoms with Crippen molar-refractivity contribution >= 4 is 21.4 Å². The van der Waals surface area contributed by atoms with Crippen molar-refractivity contribution in [1.82, 2.24) is 0 Å². The number of nitrogens with zero attached hydrogens (tertiary/aromatic N) is 1. The second-order valence-electron chi connectivity index (χ2n) is 4.88. The standard InChI is InChI=1S/C15H16N2O6S/c1-10-4-5-11(8-13(10)17(18)19)16-24(20,21)15-9-12(22-2)6-7-14(15)23-3/h4-9,16H,1-3H3. The molecule has 0 fully saturated rings. The van der Waals surface area contributed by atoms with Crippen LogP contribution < -0.4 is 14.2 Å². The molecule has 2 rings (SSSR count). The summed E-state index contributed by atoms with van der Waals surface area (Å²) in [5.74, 6) is 0.468. The average molecular weight is 352 g/mol. The number of rotatable bonds is 6. The lowest BCUT2D eigenvalue weighted by atomic mass is 10.2. The number of nitrogens with one attached hydrogen (secondary N) is 1. The van der Waals surface area contributed by atoms with E-state index in [-0.39, 0.29) is 22.0 Å². The lowest BCUT2D eigenvalue weighted by molar-refractivity contribution is -0.385. The molecule has 0 spiro atoms. The zero-order valence-corrected chi connectivity index (χ0v) is 14.1. The van der Waals surface area contributed by atoms with Crippen molar-refractivity contribution in [3.63, 3.8) is 0 Å². The third-order valence-corrected chi connectivity index (χ3v) is 4.72. The zero-order chi connectivity index (χ0) is 17.9. The molecule has 0 amide bonds. The Morgan fingerprint density at radius 1 is 1.08 bits per heavy atom. The number of hydrogen-bond acceptors (Lipinski definition) is 6. The van der Waals surface area contributed by atoms with Crippen LogP contribution in [0.2, 0.25) is 0 Å². The van der Waals surface area contributed by atoms with Crippen LogP contribution in [0.5, 0.6) is 11.5 Å². The molecule has 0 heterocycles. The van der Waals surface area contributed by atoms with Crippen LogP contribution in [0.4, 0.5) is 11.4 Å². The van der Waals surface area contributed by atoms with Gasteiger partial charge in [0.2, 0.25) is 0 Å². The highest BCUT2D eigenvalue weighted by Crippen LogP contribution is 2.30. The van der Waals surface area contributed by atoms with Crippen LogP contribution in [0.25, 0.3) is 0 Å². The van der Waals surface area contributed by atoms with E-state index >= 15 is 0 Å². The molecule has 1 N–H and O–H groups in total. The molecule has 2 aromatic carbocycles. The summed E-state index contributed by atoms with van der Waals surface area (Å²) >= 11 is 0. The van der Waals surface area contributed by atoms with Gasteiger partial charge < -0.3 is 9.47 Å². The largest absolute Gasteiger partial charge is 0.497 e. The molecule has 0 radical (unpaired) electrons. The van der Waals surface area contributed by atoms with Gasteiger partial charge in [-0.3, -0.25) is 14.8 Å². The molecule has 0 bridgehead atoms. The first kappa shape index (κ1) is 17.5. The normalized spacial score (nSPS) is 11.0. The minimum atomic E-state index is -4.02. The number of nitro groups is 1. The van der Waals surface area contributed by atoms with E-state index in [1.54, 1.807) is 13.0 Å². The predicted octanol–water partition coefficient (Wildman–Crippen LogP) is 2.72. The summed E-state index contributed by atoms with van der Waals surface area (Å²) < 4.78 is 37.6. The molecular formula is C15H16N2O6S. The molecule has 128 valence electrons. The molecule has 0 saturated carbocycles. The van der Waals surface area contributed by atoms with E-state index in [2.05, 4.69) is 4.72 Å². The quantitative estimate of drug-likeness (QED) is 0.632. The second kappa shape index (κ2) is 6.75. The molecule has 8 nitrogen and oxygen atoms in total. The molecule has 0 aliphatic rings. The van der Waals surface area contributed by atoms with E-state index in [0.717, 1.165) is 0 Å². The van der Waals surface area contributed by atoms with Crippen molar-refractivity contribution in [3.05, 3.63) is 52.1 Å². The topological polar surface area (TPSA) is 108 Å². The van der Waals surface area contributed by atoms with Gasteiger partial charge >= 0.3 is 0 Å². The lowest BCUT2D eigenvalue weighted by Crippen LogP contribution is -2.14. The van der Waals surface area contributed by atoms with Gasteiger partial charge in [0.15, 0.2) is 0 Å². The fourth-order valence-corrected chi connectivity index (χ4v) is 3.31. The average Bonchev–Trinajstić information content (AvgIpc) is 2.55. The van der Waals surface area contributed by atoms with E-state index < -0.39 is 14.9 Å². The van der Waals surface area contributed by atoms with Crippen molar-refractivity contribution in [2.45, 2.75) is 11.8 Å². The highest BCUT2D eigenvalue weighted by molar-refractivity contribution is 7.92. The summed E-state index contributed by atoms with van der Waals surface area (Å²) in [6.45, 7) is 1.57. The van der Waals surface area contributed by atoms with E-state index in [4.69, 9.17) is 9.47 Å². The van der Waals surface area contributed by atoms with Gasteiger partial charge in [0.25, 0.3) is 15.7 Å². The molecule has 2 aromatic rings. The van der Waals surface area contributed by atoms with E-state index in [0.29, 0.717) is 11.3 Å². The number of ether oxygens (including phenoxy) is 2. The summed E-state index contributed by atoms with van der Waals surface area (Å²) in [4.78, 5) is 10.3. The first-order valence-corrected chi connectivity index (χ1v) is 8.26. The Kier molecular flexibility index (Phi) is 4.93. The molecule has 0 aromatic heterocycles. The van der Waals surface area contributed by atoms with Gasteiger partial charge in [-0.05, 0) is 25.1 Å². The molecule has 0 aliphatic carbocycles. The first-order chi connectivity index (χ1) is 11.3. The van der Waals surface area contributed by atoms with Crippen LogP contribution in [0.15, 0.2) is 41.3 Å². The van der Waals surface area contributed by atoms with Crippen molar-refractivity contribution in [2.75, 3.05) is 18.9 Å². The van der Waals surface area contributed by atoms with Crippen molar-refractivity contribution in [2.24, 2.45) is 0 Å². The van der Waals surface area contributed by atoms with Gasteiger partial charge in [0.1, 0.15) is 16.4 Å². The van der Waals surface area contributed by atoms with Crippen LogP contribution in [0.1, 0.15) is 5.56 Å². The first-order valence-electron chi connectivity index (χ1n) is 6.78. The number of nitro benzene ring substituents is 1. The molecule has 24 heavy (non-hydrogen) atoms. The highest BCUT2D eigenvalue weighted by Gasteiger charge is 2.22. The Morgan fingerprint density at radius 2 is 1.79 bits per heavy atom. The Labute approximate surface area is 139 Å². The number of methoxy groups -OCH3 is 2. The van der Waals surface area contributed by atoms with Crippen LogP contribution in [-0.4, -0.2) is 27.6 Å². The Morgan fingerprint density at radius 3 is 2.38 bits per heavy atom. The summed E-state index contributed by atoms with van der Waals surface area (Å²) in [6, 6.07) is 8.42. The summed E-state index contributed by atoms with van der Waals surface area (Å²) in [5, 5.41) is 11.0. The van der Waals surface area contributed by atoms with Crippen LogP contribution in [-0.2, 0) is 10.0 Å². The van der Waals surface area contributed by atoms with Gasteiger partial charge in [-0.25, -0.2) is 8.42 Å². The molecule has 0 atom stereocenters. The SMILES string of the molecule is COc1ccc(OC)c(S(=O)(=O)Nc2ccc(C)c([N+](=O)[O-])c2)c1. The fourth-order valence-electron chi connectivity index (χ4n) is 2.07. The van der Waals surface area contributed by atoms with Gasteiger partial charge in [-0.2, -0.15) is 0 Å².